The van der Waals surface area contributed by atoms with E-state index in [0.29, 0.717) is 6.61 Å². The number of rotatable bonds is 18. The number of hydrogen-bond acceptors (Lipinski definition) is 7. The second-order valence-corrected chi connectivity index (χ2v) is 10.4. The zero-order valence-electron chi connectivity index (χ0n) is 14.1. The molecule has 0 aromatic carbocycles. The molecule has 0 aliphatic heterocycles. The van der Waals surface area contributed by atoms with Gasteiger partial charge in [-0.3, -0.25) is 0 Å². The van der Waals surface area contributed by atoms with Crippen molar-refractivity contribution in [1.29, 1.82) is 0 Å². The minimum Gasteiger partial charge on any atom is -0.396 e. The molecule has 0 bridgehead atoms. The van der Waals surface area contributed by atoms with Gasteiger partial charge in [0.25, 0.3) is 0 Å². The second-order valence-electron chi connectivity index (χ2n) is 4.74. The molecule has 0 unspecified atom stereocenters. The van der Waals surface area contributed by atoms with E-state index in [1.807, 2.05) is 35.3 Å². The fourth-order valence-electron chi connectivity index (χ4n) is 1.77. The molecule has 0 rings (SSSR count). The second kappa shape index (κ2) is 20.7. The van der Waals surface area contributed by atoms with Crippen LogP contribution in [0.4, 0.5) is 0 Å². The summed E-state index contributed by atoms with van der Waals surface area (Å²) in [6.45, 7) is 3.98. The SMILES string of the molecule is CSCCSCCN(CCCSCCO)CCSCCSC. The summed E-state index contributed by atoms with van der Waals surface area (Å²) in [5.74, 6) is 9.69. The maximum Gasteiger partial charge on any atom is 0.0521 e. The summed E-state index contributed by atoms with van der Waals surface area (Å²) in [5.41, 5.74) is 0. The van der Waals surface area contributed by atoms with Crippen LogP contribution in [0.5, 0.6) is 0 Å². The van der Waals surface area contributed by atoms with Crippen LogP contribution in [-0.4, -0.2) is 94.8 Å². The molecular formula is C15H33NOS5. The van der Waals surface area contributed by atoms with E-state index >= 15 is 0 Å². The maximum atomic E-state index is 8.81. The fraction of sp³-hybridized carbons (Fsp3) is 1.00. The maximum absolute atomic E-state index is 8.81. The van der Waals surface area contributed by atoms with Gasteiger partial charge >= 0.3 is 0 Å². The summed E-state index contributed by atoms with van der Waals surface area (Å²) in [6, 6.07) is 0. The van der Waals surface area contributed by atoms with Crippen LogP contribution >= 0.6 is 58.8 Å². The van der Waals surface area contributed by atoms with Crippen molar-refractivity contribution in [3.05, 3.63) is 0 Å². The Hall–Kier alpha value is 1.67. The Morgan fingerprint density at radius 2 is 1.18 bits per heavy atom. The molecule has 0 aromatic heterocycles. The first kappa shape index (κ1) is 23.7. The van der Waals surface area contributed by atoms with E-state index in [1.54, 1.807) is 0 Å². The largest absolute Gasteiger partial charge is 0.396 e. The van der Waals surface area contributed by atoms with E-state index in [0.717, 1.165) is 5.75 Å². The highest BCUT2D eigenvalue weighted by Crippen LogP contribution is 2.09. The first-order chi connectivity index (χ1) is 10.8. The Balaban J connectivity index is 3.72. The van der Waals surface area contributed by atoms with Gasteiger partial charge in [0.05, 0.1) is 6.61 Å². The van der Waals surface area contributed by atoms with Crippen LogP contribution < -0.4 is 0 Å². The summed E-state index contributed by atoms with van der Waals surface area (Å²) in [6.07, 6.45) is 5.61. The molecule has 1 N–H and O–H groups in total. The molecule has 0 heterocycles. The van der Waals surface area contributed by atoms with E-state index < -0.39 is 0 Å². The van der Waals surface area contributed by atoms with Crippen molar-refractivity contribution >= 4 is 58.8 Å². The summed E-state index contributed by atoms with van der Waals surface area (Å²) in [4.78, 5) is 2.64. The van der Waals surface area contributed by atoms with Crippen LogP contribution in [0.1, 0.15) is 6.42 Å². The van der Waals surface area contributed by atoms with Gasteiger partial charge in [-0.15, -0.1) is 0 Å². The third-order valence-electron chi connectivity index (χ3n) is 2.97. The van der Waals surface area contributed by atoms with Gasteiger partial charge in [-0.25, -0.2) is 0 Å². The molecule has 2 nitrogen and oxygen atoms in total. The first-order valence-electron chi connectivity index (χ1n) is 7.89. The predicted octanol–water partition coefficient (Wildman–Crippen LogP) is 3.60. The van der Waals surface area contributed by atoms with Gasteiger partial charge in [0.1, 0.15) is 0 Å². The van der Waals surface area contributed by atoms with Crippen molar-refractivity contribution in [2.45, 2.75) is 6.42 Å². The van der Waals surface area contributed by atoms with Gasteiger partial charge < -0.3 is 10.0 Å². The molecule has 7 heteroatoms. The third-order valence-corrected chi connectivity index (χ3v) is 7.68. The minimum atomic E-state index is 0.312. The smallest absolute Gasteiger partial charge is 0.0521 e. The average molecular weight is 404 g/mol. The zero-order chi connectivity index (χ0) is 16.3. The quantitative estimate of drug-likeness (QED) is 0.349. The topological polar surface area (TPSA) is 23.5 Å². The Labute approximate surface area is 159 Å². The van der Waals surface area contributed by atoms with Crippen LogP contribution in [0.3, 0.4) is 0 Å². The molecule has 0 aliphatic carbocycles. The zero-order valence-corrected chi connectivity index (χ0v) is 18.2. The predicted molar refractivity (Wildman–Crippen MR) is 117 cm³/mol. The monoisotopic (exact) mass is 403 g/mol. The van der Waals surface area contributed by atoms with Gasteiger partial charge in [0.2, 0.25) is 0 Å². The van der Waals surface area contributed by atoms with Crippen molar-refractivity contribution in [1.82, 2.24) is 4.90 Å². The highest BCUT2D eigenvalue weighted by atomic mass is 32.2. The number of thioether (sulfide) groups is 5. The highest BCUT2D eigenvalue weighted by molar-refractivity contribution is 8.03. The molecule has 0 saturated carbocycles. The molecule has 0 saturated heterocycles. The number of aliphatic hydroxyl groups is 1. The van der Waals surface area contributed by atoms with Crippen molar-refractivity contribution in [3.63, 3.8) is 0 Å². The molecule has 0 aromatic rings. The Kier molecular flexibility index (Phi) is 22.3. The lowest BCUT2D eigenvalue weighted by Crippen LogP contribution is -2.30. The van der Waals surface area contributed by atoms with Crippen LogP contribution in [0.25, 0.3) is 0 Å². The molecule has 0 radical (unpaired) electrons. The Bertz CT molecular complexity index is 179. The molecular weight excluding hydrogens is 371 g/mol. The summed E-state index contributed by atoms with van der Waals surface area (Å²) in [5, 5.41) is 8.81. The molecule has 134 valence electrons. The van der Waals surface area contributed by atoms with E-state index in [2.05, 4.69) is 40.9 Å². The number of nitrogens with zero attached hydrogens (tertiary/aromatic N) is 1. The lowest BCUT2D eigenvalue weighted by atomic mass is 10.4. The van der Waals surface area contributed by atoms with Crippen molar-refractivity contribution < 1.29 is 5.11 Å². The minimum absolute atomic E-state index is 0.312. The molecule has 0 fully saturated rings. The van der Waals surface area contributed by atoms with E-state index in [-0.39, 0.29) is 0 Å². The number of aliphatic hydroxyl groups excluding tert-OH is 1. The lowest BCUT2D eigenvalue weighted by Gasteiger charge is -2.22. The van der Waals surface area contributed by atoms with Gasteiger partial charge in [-0.2, -0.15) is 58.8 Å². The average Bonchev–Trinajstić information content (AvgIpc) is 2.53. The standard InChI is InChI=1S/C15H33NOS5/c1-18-12-14-21-9-5-16(4-3-8-20-11-7-17)6-10-22-15-13-19-2/h17H,3-15H2,1-2H3. The summed E-state index contributed by atoms with van der Waals surface area (Å²) >= 11 is 9.93. The van der Waals surface area contributed by atoms with Crippen LogP contribution in [-0.2, 0) is 0 Å². The van der Waals surface area contributed by atoms with Crippen LogP contribution in [0.15, 0.2) is 0 Å². The molecule has 0 amide bonds. The summed E-state index contributed by atoms with van der Waals surface area (Å²) in [7, 11) is 0. The molecule has 0 spiro atoms. The van der Waals surface area contributed by atoms with Crippen molar-refractivity contribution in [2.24, 2.45) is 0 Å². The van der Waals surface area contributed by atoms with E-state index in [9.17, 15) is 0 Å². The van der Waals surface area contributed by atoms with Gasteiger partial charge in [-0.1, -0.05) is 0 Å². The molecule has 0 aliphatic rings. The molecule has 0 atom stereocenters. The highest BCUT2D eigenvalue weighted by Gasteiger charge is 2.05. The van der Waals surface area contributed by atoms with Gasteiger partial charge in [0, 0.05) is 53.4 Å². The Morgan fingerprint density at radius 1 is 0.636 bits per heavy atom. The summed E-state index contributed by atoms with van der Waals surface area (Å²) < 4.78 is 0. The van der Waals surface area contributed by atoms with E-state index in [4.69, 9.17) is 5.11 Å². The third kappa shape index (κ3) is 18.0. The normalized spacial score (nSPS) is 11.5. The van der Waals surface area contributed by atoms with Crippen molar-refractivity contribution in [3.8, 4) is 0 Å². The number of hydrogen-bond donors (Lipinski definition) is 1. The molecule has 22 heavy (non-hydrogen) atoms. The first-order valence-corrected chi connectivity index (χ1v) is 14.1. The van der Waals surface area contributed by atoms with Crippen molar-refractivity contribution in [2.75, 3.05) is 84.8 Å². The van der Waals surface area contributed by atoms with Crippen LogP contribution in [0.2, 0.25) is 0 Å². The fourth-order valence-corrected chi connectivity index (χ4v) is 5.89. The van der Waals surface area contributed by atoms with E-state index in [1.165, 1.54) is 66.3 Å². The van der Waals surface area contributed by atoms with Gasteiger partial charge in [-0.05, 0) is 31.2 Å². The van der Waals surface area contributed by atoms with Crippen LogP contribution in [0, 0.1) is 0 Å². The van der Waals surface area contributed by atoms with Gasteiger partial charge in [0.15, 0.2) is 0 Å². The lowest BCUT2D eigenvalue weighted by molar-refractivity contribution is 0.310. The Morgan fingerprint density at radius 3 is 1.68 bits per heavy atom.